The summed E-state index contributed by atoms with van der Waals surface area (Å²) < 4.78 is 1.76. The van der Waals surface area contributed by atoms with E-state index in [-0.39, 0.29) is 23.8 Å². The van der Waals surface area contributed by atoms with Crippen LogP contribution in [-0.4, -0.2) is 39.6 Å². The fraction of sp³-hybridized carbons (Fsp3) is 0.421. The zero-order valence-corrected chi connectivity index (χ0v) is 16.8. The number of carbonyl (C=O) groups excluding carboxylic acids is 2. The second-order valence-electron chi connectivity index (χ2n) is 6.96. The number of likely N-dealkylation sites (tertiary alicyclic amines) is 1. The SMILES string of the molecule is CC(C)n1nccc1NC(=O)C1CCCN(C(=O)c2ccc(Cl)c(Cl)c2)C1. The third-order valence-corrected chi connectivity index (χ3v) is 5.40. The average Bonchev–Trinajstić information content (AvgIpc) is 3.12. The Kier molecular flexibility index (Phi) is 6.07. The van der Waals surface area contributed by atoms with Gasteiger partial charge < -0.3 is 10.2 Å². The standard InChI is InChI=1S/C19H22Cl2N4O2/c1-12(2)25-17(7-8-22-25)23-18(26)14-4-3-9-24(11-14)19(27)13-5-6-15(20)16(21)10-13/h5-8,10,12,14H,3-4,9,11H2,1-2H3,(H,23,26). The van der Waals surface area contributed by atoms with Crippen LogP contribution < -0.4 is 5.32 Å². The number of rotatable bonds is 4. The molecular weight excluding hydrogens is 387 g/mol. The summed E-state index contributed by atoms with van der Waals surface area (Å²) in [6, 6.07) is 6.75. The molecule has 1 fully saturated rings. The molecule has 2 amide bonds. The first-order valence-electron chi connectivity index (χ1n) is 8.95. The lowest BCUT2D eigenvalue weighted by Gasteiger charge is -2.32. The minimum absolute atomic E-state index is 0.0935. The quantitative estimate of drug-likeness (QED) is 0.821. The molecule has 6 nitrogen and oxygen atoms in total. The van der Waals surface area contributed by atoms with Gasteiger partial charge in [0.15, 0.2) is 0 Å². The molecule has 2 aromatic rings. The maximum atomic E-state index is 12.8. The molecule has 2 heterocycles. The van der Waals surface area contributed by atoms with E-state index in [0.29, 0.717) is 34.5 Å². The number of hydrogen-bond donors (Lipinski definition) is 1. The van der Waals surface area contributed by atoms with Gasteiger partial charge in [0.2, 0.25) is 5.91 Å². The van der Waals surface area contributed by atoms with Crippen molar-refractivity contribution in [2.24, 2.45) is 5.92 Å². The highest BCUT2D eigenvalue weighted by molar-refractivity contribution is 6.42. The lowest BCUT2D eigenvalue weighted by Crippen LogP contribution is -2.44. The number of aromatic nitrogens is 2. The first-order chi connectivity index (χ1) is 12.9. The van der Waals surface area contributed by atoms with Crippen LogP contribution in [0.4, 0.5) is 5.82 Å². The number of piperidine rings is 1. The summed E-state index contributed by atoms with van der Waals surface area (Å²) >= 11 is 11.9. The van der Waals surface area contributed by atoms with Crippen LogP contribution in [0.2, 0.25) is 10.0 Å². The van der Waals surface area contributed by atoms with Gasteiger partial charge in [0, 0.05) is 30.8 Å². The molecule has 144 valence electrons. The number of nitrogens with zero attached hydrogens (tertiary/aromatic N) is 3. The Hall–Kier alpha value is -2.05. The Morgan fingerprint density at radius 3 is 2.70 bits per heavy atom. The molecule has 0 radical (unpaired) electrons. The summed E-state index contributed by atoms with van der Waals surface area (Å²) in [5, 5.41) is 7.92. The normalized spacial score (nSPS) is 17.2. The average molecular weight is 409 g/mol. The molecule has 0 saturated carbocycles. The van der Waals surface area contributed by atoms with Crippen molar-refractivity contribution in [1.82, 2.24) is 14.7 Å². The summed E-state index contributed by atoms with van der Waals surface area (Å²) in [6.07, 6.45) is 3.18. The van der Waals surface area contributed by atoms with Crippen LogP contribution >= 0.6 is 23.2 Å². The maximum absolute atomic E-state index is 12.8. The summed E-state index contributed by atoms with van der Waals surface area (Å²) in [6.45, 7) is 5.00. The predicted molar refractivity (Wildman–Crippen MR) is 106 cm³/mol. The van der Waals surface area contributed by atoms with Crippen molar-refractivity contribution in [2.45, 2.75) is 32.7 Å². The number of amides is 2. The Morgan fingerprint density at radius 2 is 2.00 bits per heavy atom. The lowest BCUT2D eigenvalue weighted by molar-refractivity contribution is -0.121. The maximum Gasteiger partial charge on any atom is 0.253 e. The van der Waals surface area contributed by atoms with Crippen LogP contribution in [-0.2, 0) is 4.79 Å². The van der Waals surface area contributed by atoms with Crippen molar-refractivity contribution in [3.05, 3.63) is 46.1 Å². The molecule has 0 spiro atoms. The minimum atomic E-state index is -0.263. The number of halogens is 2. The lowest BCUT2D eigenvalue weighted by atomic mass is 9.96. The highest BCUT2D eigenvalue weighted by Gasteiger charge is 2.29. The Balaban J connectivity index is 1.68. The number of anilines is 1. The van der Waals surface area contributed by atoms with E-state index in [1.54, 1.807) is 40.0 Å². The molecule has 0 bridgehead atoms. The second-order valence-corrected chi connectivity index (χ2v) is 7.78. The Morgan fingerprint density at radius 1 is 1.22 bits per heavy atom. The summed E-state index contributed by atoms with van der Waals surface area (Å²) in [5.41, 5.74) is 0.475. The smallest absolute Gasteiger partial charge is 0.253 e. The topological polar surface area (TPSA) is 67.2 Å². The molecule has 0 aliphatic carbocycles. The zero-order valence-electron chi connectivity index (χ0n) is 15.3. The van der Waals surface area contributed by atoms with Crippen molar-refractivity contribution >= 4 is 40.8 Å². The fourth-order valence-corrected chi connectivity index (χ4v) is 3.54. The Bertz CT molecular complexity index is 850. The Labute approximate surface area is 168 Å². The van der Waals surface area contributed by atoms with Gasteiger partial charge in [0.1, 0.15) is 5.82 Å². The first-order valence-corrected chi connectivity index (χ1v) is 9.71. The molecular formula is C19H22Cl2N4O2. The minimum Gasteiger partial charge on any atom is -0.338 e. The monoisotopic (exact) mass is 408 g/mol. The van der Waals surface area contributed by atoms with E-state index >= 15 is 0 Å². The first kappa shape index (κ1) is 19.7. The van der Waals surface area contributed by atoms with Crippen molar-refractivity contribution in [2.75, 3.05) is 18.4 Å². The van der Waals surface area contributed by atoms with Gasteiger partial charge in [0.05, 0.1) is 22.2 Å². The zero-order chi connectivity index (χ0) is 19.6. The van der Waals surface area contributed by atoms with Gasteiger partial charge in [-0.2, -0.15) is 5.10 Å². The van der Waals surface area contributed by atoms with E-state index in [9.17, 15) is 9.59 Å². The predicted octanol–water partition coefficient (Wildman–Crippen LogP) is 4.26. The number of benzene rings is 1. The summed E-state index contributed by atoms with van der Waals surface area (Å²) in [4.78, 5) is 27.2. The third kappa shape index (κ3) is 4.45. The fourth-order valence-electron chi connectivity index (χ4n) is 3.24. The van der Waals surface area contributed by atoms with Crippen molar-refractivity contribution in [3.63, 3.8) is 0 Å². The molecule has 1 aliphatic heterocycles. The molecule has 1 atom stereocenters. The number of hydrogen-bond acceptors (Lipinski definition) is 3. The molecule has 1 aromatic heterocycles. The van der Waals surface area contributed by atoms with E-state index in [0.717, 1.165) is 12.8 Å². The van der Waals surface area contributed by atoms with E-state index in [4.69, 9.17) is 23.2 Å². The van der Waals surface area contributed by atoms with Crippen molar-refractivity contribution in [3.8, 4) is 0 Å². The van der Waals surface area contributed by atoms with Crippen LogP contribution in [0.1, 0.15) is 43.1 Å². The molecule has 1 aromatic carbocycles. The van der Waals surface area contributed by atoms with Gasteiger partial charge in [-0.3, -0.25) is 9.59 Å². The van der Waals surface area contributed by atoms with Gasteiger partial charge in [-0.15, -0.1) is 0 Å². The van der Waals surface area contributed by atoms with Crippen LogP contribution in [0.25, 0.3) is 0 Å². The van der Waals surface area contributed by atoms with Gasteiger partial charge in [0.25, 0.3) is 5.91 Å². The van der Waals surface area contributed by atoms with Gasteiger partial charge in [-0.25, -0.2) is 4.68 Å². The number of carbonyl (C=O) groups is 2. The van der Waals surface area contributed by atoms with Crippen molar-refractivity contribution in [1.29, 1.82) is 0 Å². The highest BCUT2D eigenvalue weighted by Crippen LogP contribution is 2.25. The molecule has 1 unspecified atom stereocenters. The highest BCUT2D eigenvalue weighted by atomic mass is 35.5. The van der Waals surface area contributed by atoms with E-state index < -0.39 is 0 Å². The summed E-state index contributed by atoms with van der Waals surface area (Å²) in [7, 11) is 0. The molecule has 1 aliphatic rings. The molecule has 3 rings (SSSR count). The van der Waals surface area contributed by atoms with Crippen LogP contribution in [0.3, 0.4) is 0 Å². The van der Waals surface area contributed by atoms with Crippen LogP contribution in [0.15, 0.2) is 30.5 Å². The van der Waals surface area contributed by atoms with E-state index in [2.05, 4.69) is 10.4 Å². The molecule has 8 heteroatoms. The van der Waals surface area contributed by atoms with Crippen LogP contribution in [0.5, 0.6) is 0 Å². The second kappa shape index (κ2) is 8.31. The summed E-state index contributed by atoms with van der Waals surface area (Å²) in [5.74, 6) is 0.172. The molecule has 27 heavy (non-hydrogen) atoms. The number of nitrogens with one attached hydrogen (secondary N) is 1. The third-order valence-electron chi connectivity index (χ3n) is 4.66. The molecule has 1 saturated heterocycles. The molecule has 1 N–H and O–H groups in total. The van der Waals surface area contributed by atoms with Gasteiger partial charge in [-0.05, 0) is 44.9 Å². The van der Waals surface area contributed by atoms with Crippen LogP contribution in [0, 0.1) is 5.92 Å². The van der Waals surface area contributed by atoms with E-state index in [1.807, 2.05) is 13.8 Å². The van der Waals surface area contributed by atoms with Crippen molar-refractivity contribution < 1.29 is 9.59 Å². The van der Waals surface area contributed by atoms with Gasteiger partial charge >= 0.3 is 0 Å². The largest absolute Gasteiger partial charge is 0.338 e. The van der Waals surface area contributed by atoms with Gasteiger partial charge in [-0.1, -0.05) is 23.2 Å². The van der Waals surface area contributed by atoms with E-state index in [1.165, 1.54) is 0 Å².